The standard InChI is InChI=1S/C11H16FNO/c1-8-5-9(10(6-12)7-13)3-4-11(8)14-2/h3-5,10H,6-7,13H2,1-2H3. The zero-order chi connectivity index (χ0) is 10.6. The molecule has 1 aromatic carbocycles. The van der Waals surface area contributed by atoms with E-state index in [1.54, 1.807) is 7.11 Å². The number of methoxy groups -OCH3 is 1. The summed E-state index contributed by atoms with van der Waals surface area (Å²) in [7, 11) is 1.62. The van der Waals surface area contributed by atoms with Crippen LogP contribution in [0, 0.1) is 6.92 Å². The summed E-state index contributed by atoms with van der Waals surface area (Å²) in [5.41, 5.74) is 7.41. The summed E-state index contributed by atoms with van der Waals surface area (Å²) in [5.74, 6) is 0.628. The molecule has 2 nitrogen and oxygen atoms in total. The monoisotopic (exact) mass is 197 g/mol. The normalized spacial score (nSPS) is 12.6. The number of benzene rings is 1. The minimum Gasteiger partial charge on any atom is -0.496 e. The van der Waals surface area contributed by atoms with Crippen LogP contribution in [0.2, 0.25) is 0 Å². The summed E-state index contributed by atoms with van der Waals surface area (Å²) < 4.78 is 17.7. The summed E-state index contributed by atoms with van der Waals surface area (Å²) in [6.07, 6.45) is 0. The molecule has 0 radical (unpaired) electrons. The van der Waals surface area contributed by atoms with Gasteiger partial charge in [0, 0.05) is 12.5 Å². The molecule has 14 heavy (non-hydrogen) atoms. The second kappa shape index (κ2) is 4.96. The smallest absolute Gasteiger partial charge is 0.121 e. The van der Waals surface area contributed by atoms with E-state index in [9.17, 15) is 4.39 Å². The molecule has 0 saturated carbocycles. The molecule has 0 fully saturated rings. The lowest BCUT2D eigenvalue weighted by atomic mass is 9.98. The van der Waals surface area contributed by atoms with Crippen LogP contribution in [0.25, 0.3) is 0 Å². The number of nitrogens with two attached hydrogens (primary N) is 1. The molecule has 0 aliphatic carbocycles. The fraction of sp³-hybridized carbons (Fsp3) is 0.455. The molecule has 2 N–H and O–H groups in total. The number of hydrogen-bond acceptors (Lipinski definition) is 2. The van der Waals surface area contributed by atoms with E-state index in [0.717, 1.165) is 16.9 Å². The zero-order valence-electron chi connectivity index (χ0n) is 8.59. The first-order valence-electron chi connectivity index (χ1n) is 4.63. The van der Waals surface area contributed by atoms with Crippen molar-refractivity contribution >= 4 is 0 Å². The Bertz CT molecular complexity index is 297. The van der Waals surface area contributed by atoms with Crippen LogP contribution in [-0.2, 0) is 0 Å². The predicted octanol–water partition coefficient (Wildman–Crippen LogP) is 2.02. The zero-order valence-corrected chi connectivity index (χ0v) is 8.59. The Hall–Kier alpha value is -1.09. The average molecular weight is 197 g/mol. The lowest BCUT2D eigenvalue weighted by molar-refractivity contribution is 0.409. The first-order valence-corrected chi connectivity index (χ1v) is 4.63. The topological polar surface area (TPSA) is 35.2 Å². The van der Waals surface area contributed by atoms with Gasteiger partial charge < -0.3 is 10.5 Å². The highest BCUT2D eigenvalue weighted by Gasteiger charge is 2.10. The van der Waals surface area contributed by atoms with Crippen LogP contribution in [0.3, 0.4) is 0 Å². The molecule has 1 aromatic rings. The fourth-order valence-electron chi connectivity index (χ4n) is 1.44. The van der Waals surface area contributed by atoms with Crippen molar-refractivity contribution in [2.75, 3.05) is 20.3 Å². The van der Waals surface area contributed by atoms with Crippen LogP contribution in [0.4, 0.5) is 4.39 Å². The Labute approximate surface area is 83.9 Å². The van der Waals surface area contributed by atoms with Gasteiger partial charge in [0.25, 0.3) is 0 Å². The van der Waals surface area contributed by atoms with Gasteiger partial charge in [-0.15, -0.1) is 0 Å². The quantitative estimate of drug-likeness (QED) is 0.801. The number of hydrogen-bond donors (Lipinski definition) is 1. The Morgan fingerprint density at radius 3 is 2.64 bits per heavy atom. The van der Waals surface area contributed by atoms with E-state index < -0.39 is 6.67 Å². The number of rotatable bonds is 4. The van der Waals surface area contributed by atoms with Gasteiger partial charge in [0.15, 0.2) is 0 Å². The second-order valence-electron chi connectivity index (χ2n) is 3.32. The van der Waals surface area contributed by atoms with Crippen LogP contribution < -0.4 is 10.5 Å². The van der Waals surface area contributed by atoms with Crippen LogP contribution >= 0.6 is 0 Å². The molecule has 0 heterocycles. The number of halogens is 1. The lowest BCUT2D eigenvalue weighted by Gasteiger charge is -2.13. The van der Waals surface area contributed by atoms with E-state index >= 15 is 0 Å². The highest BCUT2D eigenvalue weighted by Crippen LogP contribution is 2.23. The molecule has 3 heteroatoms. The van der Waals surface area contributed by atoms with E-state index in [2.05, 4.69) is 0 Å². The molecule has 1 rings (SSSR count). The molecule has 0 aliphatic heterocycles. The SMILES string of the molecule is COc1ccc(C(CN)CF)cc1C. The van der Waals surface area contributed by atoms with E-state index in [1.165, 1.54) is 0 Å². The Morgan fingerprint density at radius 2 is 2.21 bits per heavy atom. The van der Waals surface area contributed by atoms with Crippen molar-refractivity contribution in [2.45, 2.75) is 12.8 Å². The summed E-state index contributed by atoms with van der Waals surface area (Å²) in [6.45, 7) is 1.86. The fourth-order valence-corrected chi connectivity index (χ4v) is 1.44. The largest absolute Gasteiger partial charge is 0.496 e. The Balaban J connectivity index is 2.95. The summed E-state index contributed by atoms with van der Waals surface area (Å²) in [5, 5.41) is 0. The second-order valence-corrected chi connectivity index (χ2v) is 3.32. The van der Waals surface area contributed by atoms with Crippen molar-refractivity contribution in [1.29, 1.82) is 0 Å². The Morgan fingerprint density at radius 1 is 1.50 bits per heavy atom. The molecule has 0 amide bonds. The third kappa shape index (κ3) is 2.23. The van der Waals surface area contributed by atoms with Crippen molar-refractivity contribution in [2.24, 2.45) is 5.73 Å². The molecule has 78 valence electrons. The number of ether oxygens (including phenoxy) is 1. The molecule has 0 bridgehead atoms. The molecule has 0 spiro atoms. The third-order valence-corrected chi connectivity index (χ3v) is 2.36. The van der Waals surface area contributed by atoms with E-state index in [0.29, 0.717) is 6.54 Å². The van der Waals surface area contributed by atoms with Crippen LogP contribution in [0.1, 0.15) is 17.0 Å². The van der Waals surface area contributed by atoms with Gasteiger partial charge in [-0.2, -0.15) is 0 Å². The minimum atomic E-state index is -0.414. The van der Waals surface area contributed by atoms with Crippen LogP contribution in [-0.4, -0.2) is 20.3 Å². The van der Waals surface area contributed by atoms with E-state index in [1.807, 2.05) is 25.1 Å². The van der Waals surface area contributed by atoms with Gasteiger partial charge in [0.1, 0.15) is 5.75 Å². The summed E-state index contributed by atoms with van der Waals surface area (Å²) >= 11 is 0. The number of aryl methyl sites for hydroxylation is 1. The lowest BCUT2D eigenvalue weighted by Crippen LogP contribution is -2.14. The maximum absolute atomic E-state index is 12.5. The van der Waals surface area contributed by atoms with Gasteiger partial charge in [0.05, 0.1) is 13.8 Å². The highest BCUT2D eigenvalue weighted by molar-refractivity contribution is 5.37. The number of alkyl halides is 1. The van der Waals surface area contributed by atoms with Gasteiger partial charge in [-0.3, -0.25) is 4.39 Å². The Kier molecular flexibility index (Phi) is 3.89. The summed E-state index contributed by atoms with van der Waals surface area (Å²) in [6, 6.07) is 5.64. The summed E-state index contributed by atoms with van der Waals surface area (Å²) in [4.78, 5) is 0. The first-order chi connectivity index (χ1) is 6.72. The average Bonchev–Trinajstić information content (AvgIpc) is 2.20. The van der Waals surface area contributed by atoms with Gasteiger partial charge in [-0.1, -0.05) is 12.1 Å². The van der Waals surface area contributed by atoms with Crippen LogP contribution in [0.5, 0.6) is 5.75 Å². The van der Waals surface area contributed by atoms with Crippen molar-refractivity contribution in [3.8, 4) is 5.75 Å². The predicted molar refractivity (Wildman–Crippen MR) is 55.5 cm³/mol. The van der Waals surface area contributed by atoms with Gasteiger partial charge >= 0.3 is 0 Å². The molecular formula is C11H16FNO. The molecular weight excluding hydrogens is 181 g/mol. The van der Waals surface area contributed by atoms with Gasteiger partial charge in [-0.25, -0.2) is 0 Å². The maximum atomic E-state index is 12.5. The van der Waals surface area contributed by atoms with Crippen molar-refractivity contribution < 1.29 is 9.13 Å². The van der Waals surface area contributed by atoms with Crippen molar-refractivity contribution in [1.82, 2.24) is 0 Å². The van der Waals surface area contributed by atoms with Gasteiger partial charge in [-0.05, 0) is 24.1 Å². The molecule has 0 aromatic heterocycles. The molecule has 1 atom stereocenters. The maximum Gasteiger partial charge on any atom is 0.121 e. The van der Waals surface area contributed by atoms with E-state index in [-0.39, 0.29) is 5.92 Å². The third-order valence-electron chi connectivity index (χ3n) is 2.36. The molecule has 1 unspecified atom stereocenters. The molecule has 0 saturated heterocycles. The van der Waals surface area contributed by atoms with Crippen molar-refractivity contribution in [3.63, 3.8) is 0 Å². The van der Waals surface area contributed by atoms with Crippen LogP contribution in [0.15, 0.2) is 18.2 Å². The van der Waals surface area contributed by atoms with Gasteiger partial charge in [0.2, 0.25) is 0 Å². The van der Waals surface area contributed by atoms with Crippen molar-refractivity contribution in [3.05, 3.63) is 29.3 Å². The highest BCUT2D eigenvalue weighted by atomic mass is 19.1. The first kappa shape index (κ1) is 11.0. The minimum absolute atomic E-state index is 0.195. The molecule has 0 aliphatic rings. The van der Waals surface area contributed by atoms with E-state index in [4.69, 9.17) is 10.5 Å².